The fourth-order valence-corrected chi connectivity index (χ4v) is 7.84. The molecule has 1 aromatic heterocycles. The molecule has 4 aromatic rings. The third-order valence-electron chi connectivity index (χ3n) is 10.00. The number of para-hydroxylation sites is 1. The molecule has 2 bridgehead atoms. The van der Waals surface area contributed by atoms with Gasteiger partial charge in [-0.2, -0.15) is 0 Å². The number of pyridine rings is 1. The average Bonchev–Trinajstić information content (AvgIpc) is 3.14. The van der Waals surface area contributed by atoms with E-state index in [1.54, 1.807) is 24.3 Å². The van der Waals surface area contributed by atoms with Crippen LogP contribution in [0.1, 0.15) is 38.7 Å². The van der Waals surface area contributed by atoms with Gasteiger partial charge in [0.2, 0.25) is 5.75 Å². The van der Waals surface area contributed by atoms with E-state index in [1.165, 1.54) is 21.3 Å². The second-order valence-electron chi connectivity index (χ2n) is 12.9. The number of anilines is 3. The maximum Gasteiger partial charge on any atom is 0.255 e. The van der Waals surface area contributed by atoms with Gasteiger partial charge in [-0.25, -0.2) is 0 Å². The molecule has 2 saturated heterocycles. The number of carbonyl (C=O) groups is 2. The Balaban J connectivity index is 1.19. The van der Waals surface area contributed by atoms with Crippen LogP contribution >= 0.6 is 11.6 Å². The van der Waals surface area contributed by atoms with Crippen molar-refractivity contribution in [2.75, 3.05) is 75.7 Å². The smallest absolute Gasteiger partial charge is 0.255 e. The summed E-state index contributed by atoms with van der Waals surface area (Å²) in [6.07, 6.45) is 0.990. The molecule has 2 fully saturated rings. The van der Waals surface area contributed by atoms with E-state index < -0.39 is 5.91 Å². The van der Waals surface area contributed by atoms with Crippen molar-refractivity contribution in [1.82, 2.24) is 9.47 Å². The van der Waals surface area contributed by atoms with Crippen LogP contribution in [0.2, 0.25) is 5.02 Å². The first-order chi connectivity index (χ1) is 24.3. The van der Waals surface area contributed by atoms with Crippen LogP contribution in [0, 0.1) is 5.92 Å². The molecule has 0 radical (unpaired) electrons. The highest BCUT2D eigenvalue weighted by Crippen LogP contribution is 2.41. The number of ether oxygens (including phenoxy) is 3. The van der Waals surface area contributed by atoms with E-state index in [2.05, 4.69) is 15.1 Å². The maximum atomic E-state index is 13.9. The summed E-state index contributed by atoms with van der Waals surface area (Å²) < 4.78 is 18.4. The highest BCUT2D eigenvalue weighted by atomic mass is 35.5. The van der Waals surface area contributed by atoms with E-state index in [1.807, 2.05) is 58.0 Å². The first-order valence-electron chi connectivity index (χ1n) is 16.8. The van der Waals surface area contributed by atoms with Crippen LogP contribution in [0.4, 0.5) is 17.1 Å². The molecule has 7 rings (SSSR count). The standard InChI is InChI=1S/C38H40ClN5O6/c1-48-33-19-26(20-34(49-2)36(33)50-3)37(46)40-29-18-25(38(47)42-15-13-41(14-16-42)31-8-5-4-7-28(31)39)11-12-32(29)43-21-24-17-27(23-43)30-9-6-10-35(45)44(30)22-24/h4-12,18-20,24,27H,13-17,21-23H2,1-3H3,(H,40,46)/t24-,27+/m1/s1. The van der Waals surface area contributed by atoms with Crippen molar-refractivity contribution in [1.29, 1.82) is 0 Å². The fraction of sp³-hybridized carbons (Fsp3) is 0.342. The molecule has 0 spiro atoms. The summed E-state index contributed by atoms with van der Waals surface area (Å²) in [6.45, 7) is 4.40. The first kappa shape index (κ1) is 33.3. The number of amides is 2. The van der Waals surface area contributed by atoms with Gasteiger partial charge in [0, 0.05) is 74.6 Å². The van der Waals surface area contributed by atoms with E-state index in [4.69, 9.17) is 25.8 Å². The lowest BCUT2D eigenvalue weighted by atomic mass is 9.83. The summed E-state index contributed by atoms with van der Waals surface area (Å²) in [4.78, 5) is 46.8. The van der Waals surface area contributed by atoms with E-state index in [-0.39, 0.29) is 23.3 Å². The van der Waals surface area contributed by atoms with Crippen LogP contribution in [0.25, 0.3) is 0 Å². The molecule has 260 valence electrons. The molecule has 0 aliphatic carbocycles. The lowest BCUT2D eigenvalue weighted by Crippen LogP contribution is -2.49. The highest BCUT2D eigenvalue weighted by molar-refractivity contribution is 6.33. The molecular weight excluding hydrogens is 658 g/mol. The molecule has 2 amide bonds. The molecule has 3 aliphatic heterocycles. The molecule has 50 heavy (non-hydrogen) atoms. The van der Waals surface area contributed by atoms with Gasteiger partial charge < -0.3 is 38.8 Å². The second kappa shape index (κ2) is 14.0. The van der Waals surface area contributed by atoms with Crippen LogP contribution in [0.15, 0.2) is 77.6 Å². The Morgan fingerprint density at radius 2 is 1.50 bits per heavy atom. The maximum absolute atomic E-state index is 13.9. The third-order valence-corrected chi connectivity index (χ3v) is 10.3. The zero-order chi connectivity index (χ0) is 34.9. The van der Waals surface area contributed by atoms with Gasteiger partial charge in [-0.3, -0.25) is 14.4 Å². The van der Waals surface area contributed by atoms with Gasteiger partial charge in [0.25, 0.3) is 17.4 Å². The minimum Gasteiger partial charge on any atom is -0.493 e. The van der Waals surface area contributed by atoms with Crippen molar-refractivity contribution in [3.63, 3.8) is 0 Å². The van der Waals surface area contributed by atoms with Crippen LogP contribution in [-0.2, 0) is 6.54 Å². The summed E-state index contributed by atoms with van der Waals surface area (Å²) in [5.41, 5.74) is 4.14. The normalized spacial score (nSPS) is 18.3. The van der Waals surface area contributed by atoms with Gasteiger partial charge in [0.05, 0.1) is 43.4 Å². The molecule has 0 saturated carbocycles. The number of piperidine rings is 1. The molecular formula is C38H40ClN5O6. The van der Waals surface area contributed by atoms with Crippen molar-refractivity contribution in [2.45, 2.75) is 18.9 Å². The molecule has 3 aromatic carbocycles. The van der Waals surface area contributed by atoms with Gasteiger partial charge in [-0.15, -0.1) is 0 Å². The van der Waals surface area contributed by atoms with E-state index in [0.717, 1.165) is 23.5 Å². The number of nitrogens with zero attached hydrogens (tertiary/aromatic N) is 4. The number of rotatable bonds is 8. The Kier molecular flexibility index (Phi) is 9.33. The Hall–Kier alpha value is -5.16. The van der Waals surface area contributed by atoms with Gasteiger partial charge in [0.15, 0.2) is 11.5 Å². The average molecular weight is 698 g/mol. The number of benzene rings is 3. The highest BCUT2D eigenvalue weighted by Gasteiger charge is 2.36. The Morgan fingerprint density at radius 3 is 2.20 bits per heavy atom. The lowest BCUT2D eigenvalue weighted by Gasteiger charge is -2.44. The van der Waals surface area contributed by atoms with E-state index in [9.17, 15) is 14.4 Å². The molecule has 2 atom stereocenters. The van der Waals surface area contributed by atoms with E-state index >= 15 is 0 Å². The zero-order valence-electron chi connectivity index (χ0n) is 28.4. The van der Waals surface area contributed by atoms with Crippen molar-refractivity contribution < 1.29 is 23.8 Å². The second-order valence-corrected chi connectivity index (χ2v) is 13.3. The lowest BCUT2D eigenvalue weighted by molar-refractivity contribution is 0.0746. The van der Waals surface area contributed by atoms with Crippen molar-refractivity contribution >= 4 is 40.5 Å². The fourth-order valence-electron chi connectivity index (χ4n) is 7.59. The van der Waals surface area contributed by atoms with Crippen molar-refractivity contribution in [3.8, 4) is 17.2 Å². The number of halogens is 1. The molecule has 11 nitrogen and oxygen atoms in total. The largest absolute Gasteiger partial charge is 0.493 e. The van der Waals surface area contributed by atoms with Gasteiger partial charge in [0.1, 0.15) is 0 Å². The number of hydrogen-bond acceptors (Lipinski definition) is 8. The quantitative estimate of drug-likeness (QED) is 0.262. The monoisotopic (exact) mass is 697 g/mol. The summed E-state index contributed by atoms with van der Waals surface area (Å²) in [7, 11) is 4.51. The van der Waals surface area contributed by atoms with E-state index in [0.29, 0.717) is 84.9 Å². The number of methoxy groups -OCH3 is 3. The van der Waals surface area contributed by atoms with Gasteiger partial charge in [-0.05, 0) is 60.9 Å². The zero-order valence-corrected chi connectivity index (χ0v) is 29.1. The Labute approximate surface area is 295 Å². The predicted octanol–water partition coefficient (Wildman–Crippen LogP) is 5.37. The molecule has 3 aliphatic rings. The van der Waals surface area contributed by atoms with Gasteiger partial charge in [-0.1, -0.05) is 29.8 Å². The minimum atomic E-state index is -0.391. The van der Waals surface area contributed by atoms with Crippen molar-refractivity contribution in [3.05, 3.63) is 105 Å². The number of aromatic nitrogens is 1. The number of piperazine rings is 1. The summed E-state index contributed by atoms with van der Waals surface area (Å²) >= 11 is 6.45. The molecule has 0 unspecified atom stereocenters. The van der Waals surface area contributed by atoms with Crippen LogP contribution < -0.4 is 34.9 Å². The summed E-state index contributed by atoms with van der Waals surface area (Å²) in [6, 6.07) is 22.0. The number of nitrogens with one attached hydrogen (secondary N) is 1. The Bertz CT molecular complexity index is 1970. The molecule has 4 heterocycles. The number of hydrogen-bond donors (Lipinski definition) is 1. The van der Waals surface area contributed by atoms with Crippen molar-refractivity contribution in [2.24, 2.45) is 5.92 Å². The summed E-state index contributed by atoms with van der Waals surface area (Å²) in [5, 5.41) is 3.80. The number of fused-ring (bicyclic) bond motifs is 4. The number of carbonyl (C=O) groups excluding carboxylic acids is 2. The summed E-state index contributed by atoms with van der Waals surface area (Å²) in [5.74, 6) is 1.01. The topological polar surface area (TPSA) is 106 Å². The minimum absolute atomic E-state index is 0.0273. The molecule has 1 N–H and O–H groups in total. The molecule has 12 heteroatoms. The van der Waals surface area contributed by atoms with Crippen LogP contribution in [-0.4, -0.2) is 81.9 Å². The van der Waals surface area contributed by atoms with Gasteiger partial charge >= 0.3 is 0 Å². The predicted molar refractivity (Wildman–Crippen MR) is 194 cm³/mol. The van der Waals surface area contributed by atoms with Crippen LogP contribution in [0.5, 0.6) is 17.2 Å². The third kappa shape index (κ3) is 6.33. The van der Waals surface area contributed by atoms with Crippen LogP contribution in [0.3, 0.4) is 0 Å². The first-order valence-corrected chi connectivity index (χ1v) is 17.1. The Morgan fingerprint density at radius 1 is 0.760 bits per heavy atom. The SMILES string of the molecule is COc1cc(C(=O)Nc2cc(C(=O)N3CCN(c4ccccc4Cl)CC3)ccc2N2C[C@H]3C[C@@H](C2)c2cccc(=O)n2C3)cc(OC)c1OC.